The van der Waals surface area contributed by atoms with Gasteiger partial charge in [-0.05, 0) is 48.7 Å². The van der Waals surface area contributed by atoms with Gasteiger partial charge in [-0.25, -0.2) is 4.98 Å². The number of carbonyl (C=O) groups is 1. The summed E-state index contributed by atoms with van der Waals surface area (Å²) < 4.78 is 7.50. The van der Waals surface area contributed by atoms with Crippen LogP contribution in [0.4, 0.5) is 0 Å². The van der Waals surface area contributed by atoms with Crippen molar-refractivity contribution < 1.29 is 9.53 Å². The Bertz CT molecular complexity index is 1560. The Hall–Kier alpha value is -4.23. The third kappa shape index (κ3) is 5.21. The summed E-state index contributed by atoms with van der Waals surface area (Å²) in [6.07, 6.45) is 11.0. The van der Waals surface area contributed by atoms with Crippen LogP contribution < -0.4 is 15.6 Å². The van der Waals surface area contributed by atoms with Crippen molar-refractivity contribution in [3.63, 3.8) is 0 Å². The van der Waals surface area contributed by atoms with Crippen LogP contribution >= 0.6 is 11.3 Å². The van der Waals surface area contributed by atoms with E-state index in [0.29, 0.717) is 40.1 Å². The van der Waals surface area contributed by atoms with Gasteiger partial charge in [-0.2, -0.15) is 0 Å². The van der Waals surface area contributed by atoms with Gasteiger partial charge in [0.25, 0.3) is 11.5 Å². The second-order valence-corrected chi connectivity index (χ2v) is 9.38. The number of aryl methyl sites for hydroxylation is 1. The first-order valence-electron chi connectivity index (χ1n) is 11.7. The van der Waals surface area contributed by atoms with Crippen molar-refractivity contribution in [2.24, 2.45) is 0 Å². The van der Waals surface area contributed by atoms with E-state index in [1.807, 2.05) is 66.8 Å². The highest BCUT2D eigenvalue weighted by Crippen LogP contribution is 2.26. The molecule has 2 heterocycles. The number of amides is 1. The van der Waals surface area contributed by atoms with E-state index >= 15 is 0 Å². The Morgan fingerprint density at radius 1 is 1.11 bits per heavy atom. The molecule has 0 bridgehead atoms. The van der Waals surface area contributed by atoms with Crippen LogP contribution in [-0.2, 0) is 6.61 Å². The molecule has 0 fully saturated rings. The number of benzene rings is 2. The number of nitrogens with one attached hydrogen (secondary N) is 1. The van der Waals surface area contributed by atoms with Gasteiger partial charge in [-0.3, -0.25) is 14.2 Å². The molecule has 5 rings (SSSR count). The van der Waals surface area contributed by atoms with Crippen LogP contribution in [0.2, 0.25) is 0 Å². The molecule has 0 unspecified atom stereocenters. The number of allylic oxidation sites excluding steroid dienone is 4. The van der Waals surface area contributed by atoms with Gasteiger partial charge in [0, 0.05) is 18.0 Å². The molecule has 1 aliphatic rings. The third-order valence-electron chi connectivity index (χ3n) is 5.80. The fourth-order valence-electron chi connectivity index (χ4n) is 3.94. The fraction of sp³-hybridized carbons (Fsp3) is 0.138. The number of hydrogen-bond donors (Lipinski definition) is 1. The number of pyridine rings is 1. The van der Waals surface area contributed by atoms with Crippen molar-refractivity contribution in [2.75, 3.05) is 6.54 Å². The van der Waals surface area contributed by atoms with E-state index in [2.05, 4.69) is 22.5 Å². The number of aromatic nitrogens is 2. The number of hydrogen-bond acceptors (Lipinski definition) is 5. The molecular formula is C29H25N3O3S. The van der Waals surface area contributed by atoms with Crippen molar-refractivity contribution in [3.8, 4) is 10.9 Å². The maximum absolute atomic E-state index is 12.9. The summed E-state index contributed by atoms with van der Waals surface area (Å²) in [6.45, 7) is 2.67. The topological polar surface area (TPSA) is 73.2 Å². The molecule has 2 aromatic carbocycles. The Balaban J connectivity index is 1.38. The molecule has 1 aliphatic carbocycles. The molecule has 1 N–H and O–H groups in total. The van der Waals surface area contributed by atoms with Crippen LogP contribution in [0, 0.1) is 6.92 Å². The lowest BCUT2D eigenvalue weighted by Crippen LogP contribution is -2.25. The monoisotopic (exact) mass is 495 g/mol. The molecule has 36 heavy (non-hydrogen) atoms. The number of fused-ring (bicyclic) bond motifs is 1. The molecule has 0 spiro atoms. The fourth-order valence-corrected chi connectivity index (χ4v) is 4.95. The molecule has 7 heteroatoms. The third-order valence-corrected chi connectivity index (χ3v) is 6.94. The summed E-state index contributed by atoms with van der Waals surface area (Å²) in [5, 5.41) is 4.27. The number of ether oxygens (including phenoxy) is 1. The summed E-state index contributed by atoms with van der Waals surface area (Å²) in [7, 11) is 0. The van der Waals surface area contributed by atoms with Crippen LogP contribution in [0.25, 0.3) is 16.0 Å². The average Bonchev–Trinajstić information content (AvgIpc) is 3.10. The lowest BCUT2D eigenvalue weighted by Gasteiger charge is -2.10. The summed E-state index contributed by atoms with van der Waals surface area (Å²) in [6, 6.07) is 18.8. The highest BCUT2D eigenvalue weighted by atomic mass is 32.1. The second kappa shape index (κ2) is 10.6. The quantitative estimate of drug-likeness (QED) is 0.367. The van der Waals surface area contributed by atoms with Gasteiger partial charge in [-0.15, -0.1) is 0 Å². The molecule has 180 valence electrons. The lowest BCUT2D eigenvalue weighted by molar-refractivity contribution is 0.0960. The molecule has 4 aromatic rings. The van der Waals surface area contributed by atoms with Gasteiger partial charge in [0.1, 0.15) is 17.2 Å². The van der Waals surface area contributed by atoms with Gasteiger partial charge in [0.05, 0.1) is 11.2 Å². The highest BCUT2D eigenvalue weighted by molar-refractivity contribution is 7.16. The van der Waals surface area contributed by atoms with E-state index < -0.39 is 0 Å². The molecule has 0 aliphatic heterocycles. The van der Waals surface area contributed by atoms with Crippen LogP contribution in [0.15, 0.2) is 101 Å². The van der Waals surface area contributed by atoms with E-state index in [0.717, 1.165) is 22.9 Å². The van der Waals surface area contributed by atoms with E-state index in [4.69, 9.17) is 4.74 Å². The zero-order valence-corrected chi connectivity index (χ0v) is 20.6. The minimum absolute atomic E-state index is 0.205. The van der Waals surface area contributed by atoms with E-state index in [-0.39, 0.29) is 11.5 Å². The van der Waals surface area contributed by atoms with Gasteiger partial charge >= 0.3 is 0 Å². The standard InChI is InChI=1S/C29H25N3O3S/c1-20-27(28(34)30-18-21-9-5-2-3-6-10-21)36-29(31-20)32-25-15-14-24(17-23(25)13-16-26(32)33)35-19-22-11-7-4-8-12-22/h2,4-17H,3,18-19H2,1H3,(H,30,34). The zero-order chi connectivity index (χ0) is 24.9. The Morgan fingerprint density at radius 2 is 1.97 bits per heavy atom. The summed E-state index contributed by atoms with van der Waals surface area (Å²) in [5.74, 6) is 0.507. The van der Waals surface area contributed by atoms with E-state index in [9.17, 15) is 9.59 Å². The first-order valence-corrected chi connectivity index (χ1v) is 12.5. The highest BCUT2D eigenvalue weighted by Gasteiger charge is 2.18. The molecule has 1 amide bonds. The van der Waals surface area contributed by atoms with Crippen LogP contribution in [0.5, 0.6) is 5.75 Å². The smallest absolute Gasteiger partial charge is 0.263 e. The number of thiazole rings is 1. The summed E-state index contributed by atoms with van der Waals surface area (Å²) in [4.78, 5) is 30.8. The molecule has 6 nitrogen and oxygen atoms in total. The zero-order valence-electron chi connectivity index (χ0n) is 19.8. The molecule has 0 saturated carbocycles. The maximum Gasteiger partial charge on any atom is 0.263 e. The minimum atomic E-state index is -0.207. The van der Waals surface area contributed by atoms with E-state index in [1.165, 1.54) is 17.4 Å². The van der Waals surface area contributed by atoms with Gasteiger partial charge in [-0.1, -0.05) is 72.0 Å². The molecule has 0 radical (unpaired) electrons. The largest absolute Gasteiger partial charge is 0.489 e. The average molecular weight is 496 g/mol. The van der Waals surface area contributed by atoms with Gasteiger partial charge in [0.2, 0.25) is 0 Å². The first kappa shape index (κ1) is 23.5. The molecular weight excluding hydrogens is 470 g/mol. The lowest BCUT2D eigenvalue weighted by atomic mass is 10.2. The van der Waals surface area contributed by atoms with Crippen LogP contribution in [0.1, 0.15) is 27.3 Å². The predicted octanol–water partition coefficient (Wildman–Crippen LogP) is 5.51. The maximum atomic E-state index is 12.9. The van der Waals surface area contributed by atoms with Crippen molar-refractivity contribution in [2.45, 2.75) is 20.0 Å². The molecule has 2 aromatic heterocycles. The van der Waals surface area contributed by atoms with E-state index in [1.54, 1.807) is 17.6 Å². The van der Waals surface area contributed by atoms with Gasteiger partial charge < -0.3 is 10.1 Å². The Kier molecular flexibility index (Phi) is 6.91. The minimum Gasteiger partial charge on any atom is -0.489 e. The number of carbonyl (C=O) groups excluding carboxylic acids is 1. The normalized spacial score (nSPS) is 12.9. The van der Waals surface area contributed by atoms with Crippen LogP contribution in [0.3, 0.4) is 0 Å². The van der Waals surface area contributed by atoms with Crippen molar-refractivity contribution in [1.82, 2.24) is 14.9 Å². The number of rotatable bonds is 7. The van der Waals surface area contributed by atoms with Crippen molar-refractivity contribution in [1.29, 1.82) is 0 Å². The molecule has 0 atom stereocenters. The van der Waals surface area contributed by atoms with Crippen molar-refractivity contribution in [3.05, 3.63) is 123 Å². The Morgan fingerprint density at radius 3 is 2.83 bits per heavy atom. The van der Waals surface area contributed by atoms with Gasteiger partial charge in [0.15, 0.2) is 5.13 Å². The summed E-state index contributed by atoms with van der Waals surface area (Å²) >= 11 is 1.21. The summed E-state index contributed by atoms with van der Waals surface area (Å²) in [5.41, 5.74) is 3.19. The predicted molar refractivity (Wildman–Crippen MR) is 144 cm³/mol. The first-order chi connectivity index (χ1) is 17.6. The SMILES string of the molecule is Cc1nc(-n2c(=O)ccc3cc(OCc4ccccc4)ccc32)sc1C(=O)NCC1=CC=CCC=C1. The second-order valence-electron chi connectivity index (χ2n) is 8.40. The van der Waals surface area contributed by atoms with Crippen molar-refractivity contribution >= 4 is 28.1 Å². The number of nitrogens with zero attached hydrogens (tertiary/aromatic N) is 2. The molecule has 0 saturated heterocycles. The Labute approximate surface area is 212 Å². The van der Waals surface area contributed by atoms with Crippen LogP contribution in [-0.4, -0.2) is 22.0 Å².